The summed E-state index contributed by atoms with van der Waals surface area (Å²) in [6.45, 7) is 1.76. The highest BCUT2D eigenvalue weighted by molar-refractivity contribution is 6.08. The SMILES string of the molecule is CN1C(=O)C2(CCOCC2)c2cc(NCc3cnn(C)c3)ccc21.O=CO. The highest BCUT2D eigenvalue weighted by atomic mass is 16.5. The molecule has 4 rings (SSSR count). The number of carboxylic acid groups (broad SMARTS) is 1. The number of carbonyl (C=O) groups excluding carboxylic acids is 1. The van der Waals surface area contributed by atoms with E-state index in [1.807, 2.05) is 38.6 Å². The maximum absolute atomic E-state index is 12.9. The van der Waals surface area contributed by atoms with Crippen molar-refractivity contribution in [2.24, 2.45) is 7.05 Å². The molecule has 1 aromatic heterocycles. The monoisotopic (exact) mass is 372 g/mol. The third-order valence-corrected chi connectivity index (χ3v) is 5.19. The summed E-state index contributed by atoms with van der Waals surface area (Å²) in [5.41, 5.74) is 3.91. The van der Waals surface area contributed by atoms with Crippen molar-refractivity contribution < 1.29 is 19.4 Å². The zero-order chi connectivity index (χ0) is 19.4. The van der Waals surface area contributed by atoms with Crippen molar-refractivity contribution in [3.8, 4) is 0 Å². The fourth-order valence-electron chi connectivity index (χ4n) is 3.84. The van der Waals surface area contributed by atoms with Gasteiger partial charge in [0.1, 0.15) is 0 Å². The Labute approximate surface area is 157 Å². The Morgan fingerprint density at radius 3 is 2.67 bits per heavy atom. The number of amides is 1. The van der Waals surface area contributed by atoms with Gasteiger partial charge in [0.2, 0.25) is 5.91 Å². The van der Waals surface area contributed by atoms with Gasteiger partial charge >= 0.3 is 0 Å². The highest BCUT2D eigenvalue weighted by Crippen LogP contribution is 2.47. The first-order valence-corrected chi connectivity index (χ1v) is 8.81. The van der Waals surface area contributed by atoms with E-state index < -0.39 is 5.41 Å². The van der Waals surface area contributed by atoms with E-state index in [4.69, 9.17) is 14.6 Å². The molecule has 2 aliphatic rings. The molecule has 0 radical (unpaired) electrons. The van der Waals surface area contributed by atoms with Crippen LogP contribution >= 0.6 is 0 Å². The van der Waals surface area contributed by atoms with Crippen LogP contribution < -0.4 is 10.2 Å². The van der Waals surface area contributed by atoms with Crippen molar-refractivity contribution in [2.45, 2.75) is 24.8 Å². The summed E-state index contributed by atoms with van der Waals surface area (Å²) in [4.78, 5) is 23.0. The van der Waals surface area contributed by atoms with E-state index in [9.17, 15) is 4.79 Å². The molecule has 0 saturated carbocycles. The molecule has 2 aromatic rings. The zero-order valence-electron chi connectivity index (χ0n) is 15.5. The molecule has 0 atom stereocenters. The van der Waals surface area contributed by atoms with E-state index in [2.05, 4.69) is 16.5 Å². The predicted octanol–water partition coefficient (Wildman–Crippen LogP) is 1.76. The van der Waals surface area contributed by atoms with E-state index >= 15 is 0 Å². The lowest BCUT2D eigenvalue weighted by Gasteiger charge is -2.32. The van der Waals surface area contributed by atoms with E-state index in [-0.39, 0.29) is 12.4 Å². The normalized spacial score (nSPS) is 17.3. The van der Waals surface area contributed by atoms with Crippen molar-refractivity contribution in [2.75, 3.05) is 30.5 Å². The summed E-state index contributed by atoms with van der Waals surface area (Å²) in [5, 5.41) is 14.5. The number of fused-ring (bicyclic) bond motifs is 2. The molecule has 1 fully saturated rings. The van der Waals surface area contributed by atoms with Crippen molar-refractivity contribution >= 4 is 23.8 Å². The lowest BCUT2D eigenvalue weighted by Crippen LogP contribution is -2.42. The molecule has 0 bridgehead atoms. The van der Waals surface area contributed by atoms with Gasteiger partial charge < -0.3 is 20.1 Å². The van der Waals surface area contributed by atoms with Crippen LogP contribution in [0.4, 0.5) is 11.4 Å². The van der Waals surface area contributed by atoms with Crippen molar-refractivity contribution in [3.05, 3.63) is 41.7 Å². The van der Waals surface area contributed by atoms with Gasteiger partial charge in [-0.15, -0.1) is 0 Å². The van der Waals surface area contributed by atoms with Crippen LogP contribution in [0.15, 0.2) is 30.6 Å². The predicted molar refractivity (Wildman–Crippen MR) is 101 cm³/mol. The average Bonchev–Trinajstić information content (AvgIpc) is 3.18. The lowest BCUT2D eigenvalue weighted by atomic mass is 9.75. The molecule has 1 amide bonds. The van der Waals surface area contributed by atoms with Gasteiger partial charge in [0.05, 0.1) is 11.6 Å². The van der Waals surface area contributed by atoms with Crippen LogP contribution in [0.3, 0.4) is 0 Å². The maximum Gasteiger partial charge on any atom is 0.290 e. The molecule has 3 heterocycles. The van der Waals surface area contributed by atoms with E-state index in [1.54, 1.807) is 9.58 Å². The molecule has 27 heavy (non-hydrogen) atoms. The number of likely N-dealkylation sites (N-methyl/N-ethyl adjacent to an activating group) is 1. The second kappa shape index (κ2) is 7.79. The molecule has 1 aromatic carbocycles. The summed E-state index contributed by atoms with van der Waals surface area (Å²) in [5.74, 6) is 0.199. The Morgan fingerprint density at radius 1 is 1.33 bits per heavy atom. The number of aromatic nitrogens is 2. The van der Waals surface area contributed by atoms with Crippen molar-refractivity contribution in [3.63, 3.8) is 0 Å². The van der Waals surface area contributed by atoms with Gasteiger partial charge in [-0.3, -0.25) is 14.3 Å². The van der Waals surface area contributed by atoms with Crippen LogP contribution in [0.25, 0.3) is 0 Å². The molecule has 8 heteroatoms. The Hall–Kier alpha value is -2.87. The van der Waals surface area contributed by atoms with E-state index in [0.717, 1.165) is 35.3 Å². The standard InChI is InChI=1S/C18H22N4O2.CH2O2/c1-21-12-13(11-20-21)10-19-14-3-4-16-15(9-14)18(17(23)22(16)2)5-7-24-8-6-18;2-1-3/h3-4,9,11-12,19H,5-8,10H2,1-2H3;1H,(H,2,3). The Morgan fingerprint density at radius 2 is 2.04 bits per heavy atom. The number of aryl methyl sites for hydroxylation is 1. The van der Waals surface area contributed by atoms with E-state index in [0.29, 0.717) is 19.8 Å². The quantitative estimate of drug-likeness (QED) is 0.797. The first kappa shape index (κ1) is 18.9. The summed E-state index contributed by atoms with van der Waals surface area (Å²) in [7, 11) is 3.78. The number of nitrogens with zero attached hydrogens (tertiary/aromatic N) is 3. The Bertz CT molecular complexity index is 827. The minimum absolute atomic E-state index is 0.199. The molecular weight excluding hydrogens is 348 g/mol. The van der Waals surface area contributed by atoms with Crippen LogP contribution in [0.5, 0.6) is 0 Å². The van der Waals surface area contributed by atoms with Crippen LogP contribution in [-0.4, -0.2) is 47.5 Å². The summed E-state index contributed by atoms with van der Waals surface area (Å²) in [6.07, 6.45) is 5.37. The smallest absolute Gasteiger partial charge is 0.290 e. The van der Waals surface area contributed by atoms with E-state index in [1.165, 1.54) is 0 Å². The number of hydrogen-bond donors (Lipinski definition) is 2. The number of ether oxygens (including phenoxy) is 1. The summed E-state index contributed by atoms with van der Waals surface area (Å²) in [6, 6.07) is 6.22. The fourth-order valence-corrected chi connectivity index (χ4v) is 3.84. The Balaban J connectivity index is 0.000000659. The van der Waals surface area contributed by atoms with Crippen LogP contribution in [0.1, 0.15) is 24.0 Å². The number of benzene rings is 1. The highest BCUT2D eigenvalue weighted by Gasteiger charge is 2.50. The molecule has 0 unspecified atom stereocenters. The molecule has 8 nitrogen and oxygen atoms in total. The third kappa shape index (κ3) is 3.52. The molecule has 1 saturated heterocycles. The Kier molecular flexibility index (Phi) is 5.46. The first-order chi connectivity index (χ1) is 13.0. The molecule has 0 aliphatic carbocycles. The van der Waals surface area contributed by atoms with Gasteiger partial charge in [-0.25, -0.2) is 0 Å². The minimum atomic E-state index is -0.408. The molecule has 2 aliphatic heterocycles. The van der Waals surface area contributed by atoms with Gasteiger partial charge in [0, 0.05) is 57.0 Å². The van der Waals surface area contributed by atoms with Crippen molar-refractivity contribution in [1.29, 1.82) is 0 Å². The average molecular weight is 372 g/mol. The number of rotatable bonds is 3. The fraction of sp³-hybridized carbons (Fsp3) is 0.421. The number of hydrogen-bond acceptors (Lipinski definition) is 5. The number of nitrogens with one attached hydrogen (secondary N) is 1. The van der Waals surface area contributed by atoms with Crippen LogP contribution in [0, 0.1) is 0 Å². The number of carbonyl (C=O) groups is 2. The van der Waals surface area contributed by atoms with Crippen LogP contribution in [0.2, 0.25) is 0 Å². The summed E-state index contributed by atoms with van der Waals surface area (Å²) >= 11 is 0. The van der Waals surface area contributed by atoms with Gasteiger partial charge in [-0.2, -0.15) is 5.10 Å². The first-order valence-electron chi connectivity index (χ1n) is 8.81. The lowest BCUT2D eigenvalue weighted by molar-refractivity contribution is -0.126. The molecule has 2 N–H and O–H groups in total. The van der Waals surface area contributed by atoms with Gasteiger partial charge in [0.15, 0.2) is 0 Å². The summed E-state index contributed by atoms with van der Waals surface area (Å²) < 4.78 is 7.29. The second-order valence-corrected chi connectivity index (χ2v) is 6.77. The van der Waals surface area contributed by atoms with Crippen molar-refractivity contribution in [1.82, 2.24) is 9.78 Å². The number of anilines is 2. The van der Waals surface area contributed by atoms with Gasteiger partial charge in [-0.05, 0) is 36.6 Å². The molecule has 1 spiro atoms. The van der Waals surface area contributed by atoms with Crippen LogP contribution in [-0.2, 0) is 33.3 Å². The van der Waals surface area contributed by atoms with Gasteiger partial charge in [-0.1, -0.05) is 0 Å². The third-order valence-electron chi connectivity index (χ3n) is 5.19. The maximum atomic E-state index is 12.9. The zero-order valence-corrected chi connectivity index (χ0v) is 15.5. The molecule has 144 valence electrons. The second-order valence-electron chi connectivity index (χ2n) is 6.77. The molecular formula is C19H24N4O4. The minimum Gasteiger partial charge on any atom is -0.483 e. The topological polar surface area (TPSA) is 96.7 Å². The largest absolute Gasteiger partial charge is 0.483 e. The van der Waals surface area contributed by atoms with Gasteiger partial charge in [0.25, 0.3) is 6.47 Å².